The number of anilines is 1. The number of hydrogen-bond donors (Lipinski definition) is 3. The standard InChI is InChI=1S/C34H34F3N5O5/c1-33(2,46)24-15-26-27(16-25(24)39-30(44)22-7-9-28(38-17-22)34(35,36)37)47-32(40-26)21-11-13-42(14-12-21)18-19-3-5-20(6-4-19)23-8-10-29(43)41-31(23)45/h3-7,9,15-17,21,23,46H,8,10-14,18H2,1-2H3,(H,39,44)(H,41,43,45). The monoisotopic (exact) mass is 649 g/mol. The van der Waals surface area contributed by atoms with E-state index in [1.165, 1.54) is 0 Å². The van der Waals surface area contributed by atoms with Gasteiger partial charge in [0.1, 0.15) is 11.2 Å². The fraction of sp³-hybridized carbons (Fsp3) is 0.382. The Labute approximate surface area is 268 Å². The number of aromatic nitrogens is 2. The van der Waals surface area contributed by atoms with Crippen molar-refractivity contribution in [1.82, 2.24) is 20.2 Å². The van der Waals surface area contributed by atoms with Crippen LogP contribution in [0.15, 0.2) is 59.1 Å². The second kappa shape index (κ2) is 12.5. The molecule has 2 fully saturated rings. The Balaban J connectivity index is 1.11. The van der Waals surface area contributed by atoms with Crippen LogP contribution >= 0.6 is 0 Å². The van der Waals surface area contributed by atoms with Crippen LogP contribution in [0.3, 0.4) is 0 Å². The Morgan fingerprint density at radius 1 is 1.06 bits per heavy atom. The molecule has 1 atom stereocenters. The number of halogens is 3. The number of oxazole rings is 1. The number of aliphatic hydroxyl groups is 1. The van der Waals surface area contributed by atoms with Gasteiger partial charge in [-0.2, -0.15) is 13.2 Å². The first-order chi connectivity index (χ1) is 22.2. The molecule has 246 valence electrons. The van der Waals surface area contributed by atoms with Gasteiger partial charge >= 0.3 is 6.18 Å². The number of pyridine rings is 1. The predicted octanol–water partition coefficient (Wildman–Crippen LogP) is 5.62. The molecule has 6 rings (SSSR count). The molecule has 2 aromatic heterocycles. The summed E-state index contributed by atoms with van der Waals surface area (Å²) in [6.07, 6.45) is -1.29. The number of carbonyl (C=O) groups excluding carboxylic acids is 3. The van der Waals surface area contributed by atoms with Gasteiger partial charge < -0.3 is 14.8 Å². The van der Waals surface area contributed by atoms with Crippen LogP contribution in [0.4, 0.5) is 18.9 Å². The van der Waals surface area contributed by atoms with Crippen LogP contribution in [0, 0.1) is 0 Å². The minimum Gasteiger partial charge on any atom is -0.440 e. The van der Waals surface area contributed by atoms with Crippen LogP contribution in [0.25, 0.3) is 11.1 Å². The molecular formula is C34H34F3N5O5. The van der Waals surface area contributed by atoms with Crippen LogP contribution in [0.2, 0.25) is 0 Å². The molecule has 2 saturated heterocycles. The first kappa shape index (κ1) is 32.3. The number of imide groups is 1. The van der Waals surface area contributed by atoms with Crippen molar-refractivity contribution in [3.8, 4) is 0 Å². The summed E-state index contributed by atoms with van der Waals surface area (Å²) in [4.78, 5) is 47.0. The summed E-state index contributed by atoms with van der Waals surface area (Å²) in [6.45, 7) is 5.50. The van der Waals surface area contributed by atoms with Crippen LogP contribution < -0.4 is 10.6 Å². The molecule has 2 aliphatic rings. The van der Waals surface area contributed by atoms with Gasteiger partial charge in [0, 0.05) is 36.7 Å². The SMILES string of the molecule is CC(C)(O)c1cc2nc(C3CCN(Cc4ccc(C5CCC(=O)NC5=O)cc4)CC3)oc2cc1NC(=O)c1ccc(C(F)(F)F)nc1. The number of likely N-dealkylation sites (tertiary alicyclic amines) is 1. The van der Waals surface area contributed by atoms with Crippen molar-refractivity contribution in [3.05, 3.63) is 88.6 Å². The van der Waals surface area contributed by atoms with Gasteiger partial charge in [-0.1, -0.05) is 24.3 Å². The van der Waals surface area contributed by atoms with Crippen molar-refractivity contribution < 1.29 is 37.1 Å². The van der Waals surface area contributed by atoms with E-state index in [2.05, 4.69) is 20.5 Å². The van der Waals surface area contributed by atoms with E-state index >= 15 is 0 Å². The molecule has 0 saturated carbocycles. The molecular weight excluding hydrogens is 615 g/mol. The minimum atomic E-state index is -4.62. The zero-order valence-corrected chi connectivity index (χ0v) is 25.9. The summed E-state index contributed by atoms with van der Waals surface area (Å²) in [7, 11) is 0. The molecule has 4 heterocycles. The minimum absolute atomic E-state index is 0.0652. The highest BCUT2D eigenvalue weighted by Crippen LogP contribution is 2.36. The highest BCUT2D eigenvalue weighted by Gasteiger charge is 2.33. The highest BCUT2D eigenvalue weighted by molar-refractivity contribution is 6.05. The Hall–Kier alpha value is -4.62. The van der Waals surface area contributed by atoms with Crippen LogP contribution in [0.5, 0.6) is 0 Å². The summed E-state index contributed by atoms with van der Waals surface area (Å²) in [5.41, 5.74) is 1.02. The fourth-order valence-electron chi connectivity index (χ4n) is 6.13. The average Bonchev–Trinajstić information content (AvgIpc) is 3.44. The molecule has 10 nitrogen and oxygen atoms in total. The summed E-state index contributed by atoms with van der Waals surface area (Å²) >= 11 is 0. The summed E-state index contributed by atoms with van der Waals surface area (Å²) in [6, 6.07) is 13.0. The lowest BCUT2D eigenvalue weighted by molar-refractivity contribution is -0.141. The molecule has 0 spiro atoms. The van der Waals surface area contributed by atoms with Crippen LogP contribution in [0.1, 0.15) is 90.0 Å². The summed E-state index contributed by atoms with van der Waals surface area (Å²) in [5.74, 6) is -0.844. The van der Waals surface area contributed by atoms with Crippen molar-refractivity contribution in [2.75, 3.05) is 18.4 Å². The topological polar surface area (TPSA) is 138 Å². The van der Waals surface area contributed by atoms with Crippen molar-refractivity contribution in [2.24, 2.45) is 0 Å². The predicted molar refractivity (Wildman–Crippen MR) is 165 cm³/mol. The molecule has 2 aliphatic heterocycles. The number of nitrogens with zero attached hydrogens (tertiary/aromatic N) is 3. The third-order valence-electron chi connectivity index (χ3n) is 8.73. The van der Waals surface area contributed by atoms with Gasteiger partial charge in [-0.25, -0.2) is 4.98 Å². The normalized spacial score (nSPS) is 18.4. The number of hydrogen-bond acceptors (Lipinski definition) is 8. The molecule has 4 aromatic rings. The number of nitrogens with one attached hydrogen (secondary N) is 2. The molecule has 47 heavy (non-hydrogen) atoms. The lowest BCUT2D eigenvalue weighted by Crippen LogP contribution is -2.39. The molecule has 3 amide bonds. The maximum atomic E-state index is 12.9. The number of amides is 3. The summed E-state index contributed by atoms with van der Waals surface area (Å²) < 4.78 is 44.8. The second-order valence-electron chi connectivity index (χ2n) is 12.7. The zero-order chi connectivity index (χ0) is 33.5. The van der Waals surface area contributed by atoms with Gasteiger partial charge in [0.25, 0.3) is 5.91 Å². The number of benzene rings is 2. The first-order valence-electron chi connectivity index (χ1n) is 15.4. The van der Waals surface area contributed by atoms with Crippen molar-refractivity contribution in [1.29, 1.82) is 0 Å². The van der Waals surface area contributed by atoms with E-state index in [1.807, 2.05) is 24.3 Å². The third-order valence-corrected chi connectivity index (χ3v) is 8.73. The molecule has 0 radical (unpaired) electrons. The maximum absolute atomic E-state index is 12.9. The zero-order valence-electron chi connectivity index (χ0n) is 25.9. The lowest BCUT2D eigenvalue weighted by atomic mass is 9.90. The van der Waals surface area contributed by atoms with E-state index in [4.69, 9.17) is 9.40 Å². The Morgan fingerprint density at radius 3 is 2.40 bits per heavy atom. The van der Waals surface area contributed by atoms with Crippen LogP contribution in [-0.2, 0) is 27.9 Å². The summed E-state index contributed by atoms with van der Waals surface area (Å²) in [5, 5.41) is 16.0. The van der Waals surface area contributed by atoms with Gasteiger partial charge in [0.05, 0.1) is 22.8 Å². The number of alkyl halides is 3. The van der Waals surface area contributed by atoms with E-state index in [9.17, 15) is 32.7 Å². The maximum Gasteiger partial charge on any atom is 0.433 e. The van der Waals surface area contributed by atoms with E-state index in [0.717, 1.165) is 61.9 Å². The number of fused-ring (bicyclic) bond motifs is 1. The third kappa shape index (κ3) is 7.20. The van der Waals surface area contributed by atoms with Gasteiger partial charge in [-0.15, -0.1) is 0 Å². The number of carbonyl (C=O) groups is 3. The molecule has 13 heteroatoms. The molecule has 0 bridgehead atoms. The largest absolute Gasteiger partial charge is 0.440 e. The molecule has 3 N–H and O–H groups in total. The number of piperidine rings is 2. The van der Waals surface area contributed by atoms with Gasteiger partial charge in [-0.3, -0.25) is 29.6 Å². The highest BCUT2D eigenvalue weighted by atomic mass is 19.4. The van der Waals surface area contributed by atoms with Crippen molar-refractivity contribution in [3.63, 3.8) is 0 Å². The fourth-order valence-corrected chi connectivity index (χ4v) is 6.13. The van der Waals surface area contributed by atoms with Crippen molar-refractivity contribution in [2.45, 2.75) is 69.7 Å². The Kier molecular flexibility index (Phi) is 8.62. The van der Waals surface area contributed by atoms with Crippen molar-refractivity contribution >= 4 is 34.5 Å². The lowest BCUT2D eigenvalue weighted by Gasteiger charge is -2.30. The number of rotatable bonds is 7. The van der Waals surface area contributed by atoms with Gasteiger partial charge in [0.2, 0.25) is 11.8 Å². The van der Waals surface area contributed by atoms with Gasteiger partial charge in [0.15, 0.2) is 11.5 Å². The smallest absolute Gasteiger partial charge is 0.433 e. The quantitative estimate of drug-likeness (QED) is 0.220. The van der Waals surface area contributed by atoms with E-state index in [0.29, 0.717) is 35.4 Å². The Morgan fingerprint density at radius 2 is 1.79 bits per heavy atom. The van der Waals surface area contributed by atoms with E-state index in [-0.39, 0.29) is 34.9 Å². The Bertz CT molecular complexity index is 1810. The van der Waals surface area contributed by atoms with Gasteiger partial charge in [-0.05, 0) is 75.5 Å². The molecule has 1 unspecified atom stereocenters. The second-order valence-corrected chi connectivity index (χ2v) is 12.7. The average molecular weight is 650 g/mol. The first-order valence-corrected chi connectivity index (χ1v) is 15.4. The molecule has 2 aromatic carbocycles. The van der Waals surface area contributed by atoms with Crippen LogP contribution in [-0.4, -0.2) is 50.8 Å². The van der Waals surface area contributed by atoms with E-state index < -0.39 is 23.4 Å². The van der Waals surface area contributed by atoms with E-state index in [1.54, 1.807) is 26.0 Å². The molecule has 0 aliphatic carbocycles.